The Morgan fingerprint density at radius 3 is 2.70 bits per heavy atom. The molecule has 0 saturated carbocycles. The van der Waals surface area contributed by atoms with Crippen LogP contribution < -0.4 is 5.56 Å². The van der Waals surface area contributed by atoms with Crippen LogP contribution >= 0.6 is 23.2 Å². The van der Waals surface area contributed by atoms with Crippen LogP contribution in [0.4, 0.5) is 0 Å². The van der Waals surface area contributed by atoms with Crippen molar-refractivity contribution in [3.05, 3.63) is 73.7 Å². The van der Waals surface area contributed by atoms with Gasteiger partial charge in [-0.1, -0.05) is 41.4 Å². The van der Waals surface area contributed by atoms with Crippen molar-refractivity contribution in [1.82, 2.24) is 19.9 Å². The maximum Gasteiger partial charge on any atom is 0.256 e. The SMILES string of the molecule is CS(=O)(=O)c1nc2c(c(=O)[nH]1)CN(Cc1ccc(-c3cccc(Cl)c3Cl)nc1)CC2. The Kier molecular flexibility index (Phi) is 5.67. The van der Waals surface area contributed by atoms with E-state index in [0.29, 0.717) is 47.4 Å². The van der Waals surface area contributed by atoms with Crippen molar-refractivity contribution in [2.75, 3.05) is 12.8 Å². The Hall–Kier alpha value is -2.26. The van der Waals surface area contributed by atoms with Gasteiger partial charge in [-0.05, 0) is 17.7 Å². The summed E-state index contributed by atoms with van der Waals surface area (Å²) in [7, 11) is -3.56. The van der Waals surface area contributed by atoms with Crippen molar-refractivity contribution in [3.63, 3.8) is 0 Å². The molecule has 4 rings (SSSR count). The van der Waals surface area contributed by atoms with Crippen LogP contribution in [0.25, 0.3) is 11.3 Å². The summed E-state index contributed by atoms with van der Waals surface area (Å²) >= 11 is 12.3. The smallest absolute Gasteiger partial charge is 0.256 e. The summed E-state index contributed by atoms with van der Waals surface area (Å²) in [6.07, 6.45) is 3.31. The summed E-state index contributed by atoms with van der Waals surface area (Å²) < 4.78 is 23.4. The minimum atomic E-state index is -3.56. The van der Waals surface area contributed by atoms with Crippen LogP contribution in [-0.2, 0) is 29.3 Å². The molecule has 1 aromatic carbocycles. The Balaban J connectivity index is 1.51. The zero-order valence-corrected chi connectivity index (χ0v) is 18.4. The third kappa shape index (κ3) is 4.27. The molecule has 1 aliphatic heterocycles. The summed E-state index contributed by atoms with van der Waals surface area (Å²) in [6.45, 7) is 1.65. The number of H-pyrrole nitrogens is 1. The van der Waals surface area contributed by atoms with Gasteiger partial charge in [-0.2, -0.15) is 0 Å². The molecule has 30 heavy (non-hydrogen) atoms. The molecule has 3 aromatic rings. The van der Waals surface area contributed by atoms with Gasteiger partial charge in [0.1, 0.15) is 0 Å². The third-order valence-corrected chi connectivity index (χ3v) is 6.65. The molecular formula is C20H18Cl2N4O3S. The van der Waals surface area contributed by atoms with Crippen LogP contribution in [-0.4, -0.2) is 41.1 Å². The second-order valence-corrected chi connectivity index (χ2v) is 9.90. The van der Waals surface area contributed by atoms with Gasteiger partial charge in [0.2, 0.25) is 15.0 Å². The second kappa shape index (κ2) is 8.11. The normalized spacial score (nSPS) is 14.5. The number of pyridine rings is 1. The number of rotatable bonds is 4. The highest BCUT2D eigenvalue weighted by Crippen LogP contribution is 2.32. The maximum absolute atomic E-state index is 12.4. The number of nitrogens with zero attached hydrogens (tertiary/aromatic N) is 3. The standard InChI is InChI=1S/C20H18Cl2N4O3S/c1-30(28,29)20-24-17-7-8-26(11-14(17)19(27)25-20)10-12-5-6-16(23-9-12)13-3-2-4-15(21)18(13)22/h2-6,9H,7-8,10-11H2,1H3,(H,24,25,27). The summed E-state index contributed by atoms with van der Waals surface area (Å²) in [6, 6.07) is 9.26. The van der Waals surface area contributed by atoms with Gasteiger partial charge in [-0.25, -0.2) is 13.4 Å². The Morgan fingerprint density at radius 2 is 2.00 bits per heavy atom. The van der Waals surface area contributed by atoms with Crippen LogP contribution in [0.15, 0.2) is 46.5 Å². The topological polar surface area (TPSA) is 96.0 Å². The van der Waals surface area contributed by atoms with E-state index >= 15 is 0 Å². The van der Waals surface area contributed by atoms with Crippen molar-refractivity contribution < 1.29 is 8.42 Å². The van der Waals surface area contributed by atoms with Crippen molar-refractivity contribution in [2.45, 2.75) is 24.7 Å². The minimum Gasteiger partial charge on any atom is -0.297 e. The van der Waals surface area contributed by atoms with E-state index in [2.05, 4.69) is 19.9 Å². The Bertz CT molecular complexity index is 1270. The van der Waals surface area contributed by atoms with E-state index in [-0.39, 0.29) is 5.16 Å². The summed E-state index contributed by atoms with van der Waals surface area (Å²) in [5.74, 6) is 0. The van der Waals surface area contributed by atoms with E-state index in [4.69, 9.17) is 23.2 Å². The number of benzene rings is 1. The minimum absolute atomic E-state index is 0.279. The van der Waals surface area contributed by atoms with Crippen molar-refractivity contribution in [2.24, 2.45) is 0 Å². The van der Waals surface area contributed by atoms with Gasteiger partial charge in [0, 0.05) is 44.1 Å². The molecule has 0 amide bonds. The monoisotopic (exact) mass is 464 g/mol. The van der Waals surface area contributed by atoms with Crippen molar-refractivity contribution >= 4 is 33.0 Å². The second-order valence-electron chi connectivity index (χ2n) is 7.18. The first-order valence-corrected chi connectivity index (χ1v) is 11.8. The number of hydrogen-bond acceptors (Lipinski definition) is 6. The number of halogens is 2. The Morgan fingerprint density at radius 1 is 1.20 bits per heavy atom. The quantitative estimate of drug-likeness (QED) is 0.595. The van der Waals surface area contributed by atoms with Gasteiger partial charge < -0.3 is 0 Å². The van der Waals surface area contributed by atoms with E-state index in [1.54, 1.807) is 12.3 Å². The number of sulfone groups is 1. The summed E-state index contributed by atoms with van der Waals surface area (Å²) in [5.41, 5.74) is 3.11. The number of nitrogens with one attached hydrogen (secondary N) is 1. The fraction of sp³-hybridized carbons (Fsp3) is 0.250. The highest BCUT2D eigenvalue weighted by Gasteiger charge is 2.23. The molecule has 1 aliphatic rings. The number of hydrogen-bond donors (Lipinski definition) is 1. The highest BCUT2D eigenvalue weighted by atomic mass is 35.5. The van der Waals surface area contributed by atoms with Gasteiger partial charge in [-0.15, -0.1) is 0 Å². The predicted octanol–water partition coefficient (Wildman–Crippen LogP) is 3.10. The van der Waals surface area contributed by atoms with Crippen molar-refractivity contribution in [1.29, 1.82) is 0 Å². The molecule has 0 unspecified atom stereocenters. The lowest BCUT2D eigenvalue weighted by Gasteiger charge is -2.27. The maximum atomic E-state index is 12.4. The molecule has 0 radical (unpaired) electrons. The van der Waals surface area contributed by atoms with Gasteiger partial charge in [0.25, 0.3) is 5.56 Å². The fourth-order valence-electron chi connectivity index (χ4n) is 3.41. The lowest BCUT2D eigenvalue weighted by Crippen LogP contribution is -2.36. The van der Waals surface area contributed by atoms with E-state index in [0.717, 1.165) is 23.1 Å². The van der Waals surface area contributed by atoms with Crippen LogP contribution in [0.1, 0.15) is 16.8 Å². The molecule has 0 atom stereocenters. The third-order valence-electron chi connectivity index (χ3n) is 4.94. The number of aromatic amines is 1. The Labute approximate surface area is 183 Å². The van der Waals surface area contributed by atoms with Gasteiger partial charge in [-0.3, -0.25) is 19.7 Å². The first-order chi connectivity index (χ1) is 14.2. The molecule has 0 spiro atoms. The van der Waals surface area contributed by atoms with Crippen LogP contribution in [0.3, 0.4) is 0 Å². The number of aromatic nitrogens is 3. The average Bonchev–Trinajstić information content (AvgIpc) is 2.70. The van der Waals surface area contributed by atoms with Crippen LogP contribution in [0, 0.1) is 0 Å². The molecule has 1 N–H and O–H groups in total. The molecule has 0 bridgehead atoms. The number of fused-ring (bicyclic) bond motifs is 1. The van der Waals surface area contributed by atoms with E-state index in [1.165, 1.54) is 0 Å². The van der Waals surface area contributed by atoms with E-state index in [1.807, 2.05) is 24.3 Å². The molecule has 0 fully saturated rings. The zero-order valence-electron chi connectivity index (χ0n) is 16.0. The fourth-order valence-corrected chi connectivity index (χ4v) is 4.36. The molecule has 0 saturated heterocycles. The summed E-state index contributed by atoms with van der Waals surface area (Å²) in [5, 5.41) is 0.663. The van der Waals surface area contributed by atoms with Crippen LogP contribution in [0.5, 0.6) is 0 Å². The molecule has 156 valence electrons. The molecule has 7 nitrogen and oxygen atoms in total. The summed E-state index contributed by atoms with van der Waals surface area (Å²) in [4.78, 5) is 25.5. The molecular weight excluding hydrogens is 447 g/mol. The van der Waals surface area contributed by atoms with Crippen molar-refractivity contribution in [3.8, 4) is 11.3 Å². The highest BCUT2D eigenvalue weighted by molar-refractivity contribution is 7.90. The van der Waals surface area contributed by atoms with Crippen LogP contribution in [0.2, 0.25) is 10.0 Å². The molecule has 0 aliphatic carbocycles. The predicted molar refractivity (Wildman–Crippen MR) is 115 cm³/mol. The molecule has 3 heterocycles. The average molecular weight is 465 g/mol. The van der Waals surface area contributed by atoms with Gasteiger partial charge >= 0.3 is 0 Å². The van der Waals surface area contributed by atoms with Gasteiger partial charge in [0.15, 0.2) is 0 Å². The first-order valence-electron chi connectivity index (χ1n) is 9.16. The first kappa shape index (κ1) is 21.0. The van der Waals surface area contributed by atoms with Gasteiger partial charge in [0.05, 0.1) is 27.0 Å². The van der Waals surface area contributed by atoms with E-state index < -0.39 is 15.4 Å². The largest absolute Gasteiger partial charge is 0.297 e. The lowest BCUT2D eigenvalue weighted by molar-refractivity contribution is 0.240. The lowest BCUT2D eigenvalue weighted by atomic mass is 10.1. The molecule has 10 heteroatoms. The zero-order chi connectivity index (χ0) is 21.5. The molecule has 2 aromatic heterocycles. The van der Waals surface area contributed by atoms with E-state index in [9.17, 15) is 13.2 Å².